The zero-order chi connectivity index (χ0) is 10.3. The number of thioether (sulfide) groups is 1. The topological polar surface area (TPSA) is 30.9 Å². The number of aryl methyl sites for hydroxylation is 2. The fourth-order valence-electron chi connectivity index (χ4n) is 2.23. The van der Waals surface area contributed by atoms with Crippen LogP contribution in [0.2, 0.25) is 0 Å². The van der Waals surface area contributed by atoms with E-state index in [4.69, 9.17) is 5.73 Å². The Labute approximate surface area is 95.2 Å². The molecule has 1 aromatic rings. The van der Waals surface area contributed by atoms with E-state index in [-0.39, 0.29) is 5.54 Å². The summed E-state index contributed by atoms with van der Waals surface area (Å²) in [5.74, 6) is 2.45. The van der Waals surface area contributed by atoms with Gasteiger partial charge in [-0.2, -0.15) is 11.8 Å². The maximum atomic E-state index is 6.11. The predicted molar refractivity (Wildman–Crippen MR) is 65.1 cm³/mol. The van der Waals surface area contributed by atoms with Gasteiger partial charge < -0.3 is 10.3 Å². The van der Waals surface area contributed by atoms with Crippen molar-refractivity contribution in [3.05, 3.63) is 23.5 Å². The second-order valence-electron chi connectivity index (χ2n) is 4.95. The monoisotopic (exact) mass is 222 g/mol. The van der Waals surface area contributed by atoms with Crippen molar-refractivity contribution in [3.8, 4) is 0 Å². The quantitative estimate of drug-likeness (QED) is 0.849. The first-order valence-corrected chi connectivity index (χ1v) is 6.95. The average Bonchev–Trinajstić information content (AvgIpc) is 2.83. The molecular formula is C12H18N2S. The molecule has 2 N–H and O–H groups in total. The van der Waals surface area contributed by atoms with Crippen LogP contribution in [0.3, 0.4) is 0 Å². The van der Waals surface area contributed by atoms with Crippen LogP contribution in [0.25, 0.3) is 0 Å². The molecule has 0 bridgehead atoms. The van der Waals surface area contributed by atoms with E-state index in [1.807, 2.05) is 11.8 Å². The third-order valence-corrected chi connectivity index (χ3v) is 4.54. The van der Waals surface area contributed by atoms with E-state index >= 15 is 0 Å². The van der Waals surface area contributed by atoms with E-state index in [0.717, 1.165) is 0 Å². The number of aromatic nitrogens is 1. The van der Waals surface area contributed by atoms with Crippen molar-refractivity contribution < 1.29 is 0 Å². The van der Waals surface area contributed by atoms with E-state index in [1.54, 1.807) is 0 Å². The summed E-state index contributed by atoms with van der Waals surface area (Å²) < 4.78 is 2.42. The molecular weight excluding hydrogens is 204 g/mol. The summed E-state index contributed by atoms with van der Waals surface area (Å²) in [7, 11) is 0. The molecule has 1 saturated carbocycles. The molecule has 82 valence electrons. The molecule has 0 aromatic carbocycles. The van der Waals surface area contributed by atoms with Crippen LogP contribution in [0.4, 0.5) is 0 Å². The van der Waals surface area contributed by atoms with Gasteiger partial charge in [-0.25, -0.2) is 0 Å². The van der Waals surface area contributed by atoms with Crippen molar-refractivity contribution in [2.24, 2.45) is 5.73 Å². The van der Waals surface area contributed by atoms with E-state index < -0.39 is 0 Å². The highest BCUT2D eigenvalue weighted by molar-refractivity contribution is 7.98. The minimum Gasteiger partial charge on any atom is -0.350 e. The molecule has 0 saturated heterocycles. The molecule has 0 spiro atoms. The molecule has 3 heteroatoms. The molecule has 1 aliphatic carbocycles. The maximum Gasteiger partial charge on any atom is 0.0338 e. The first-order chi connectivity index (χ1) is 7.25. The van der Waals surface area contributed by atoms with Crippen molar-refractivity contribution in [3.63, 3.8) is 0 Å². The van der Waals surface area contributed by atoms with Crippen LogP contribution in [0.5, 0.6) is 0 Å². The van der Waals surface area contributed by atoms with Crippen molar-refractivity contribution in [1.82, 2.24) is 4.57 Å². The summed E-state index contributed by atoms with van der Waals surface area (Å²) in [5, 5.41) is 0. The third-order valence-electron chi connectivity index (χ3n) is 3.57. The van der Waals surface area contributed by atoms with Gasteiger partial charge in [-0.05, 0) is 37.3 Å². The number of hydrogen-bond donors (Lipinski definition) is 1. The van der Waals surface area contributed by atoms with Gasteiger partial charge in [0.25, 0.3) is 0 Å². The van der Waals surface area contributed by atoms with Crippen LogP contribution in [-0.4, -0.2) is 15.9 Å². The predicted octanol–water partition coefficient (Wildman–Crippen LogP) is 2.16. The summed E-state index contributed by atoms with van der Waals surface area (Å²) in [6, 6.07) is 2.37. The third kappa shape index (κ3) is 2.08. The van der Waals surface area contributed by atoms with E-state index in [1.165, 1.54) is 55.0 Å². The Morgan fingerprint density at radius 2 is 2.33 bits per heavy atom. The van der Waals surface area contributed by atoms with Gasteiger partial charge in [0.05, 0.1) is 0 Å². The maximum absolute atomic E-state index is 6.11. The van der Waals surface area contributed by atoms with E-state index in [2.05, 4.69) is 16.8 Å². The van der Waals surface area contributed by atoms with E-state index in [0.29, 0.717) is 0 Å². The molecule has 0 amide bonds. The molecule has 2 heterocycles. The van der Waals surface area contributed by atoms with Crippen molar-refractivity contribution >= 4 is 11.8 Å². The lowest BCUT2D eigenvalue weighted by Crippen LogP contribution is -2.21. The lowest BCUT2D eigenvalue weighted by molar-refractivity contribution is 0.608. The fraction of sp³-hybridized carbons (Fsp3) is 0.667. The largest absolute Gasteiger partial charge is 0.350 e. The Kier molecular flexibility index (Phi) is 2.33. The number of rotatable bonds is 3. The zero-order valence-corrected chi connectivity index (χ0v) is 9.85. The van der Waals surface area contributed by atoms with Gasteiger partial charge in [0, 0.05) is 35.5 Å². The Bertz CT molecular complexity index is 342. The number of nitrogens with two attached hydrogens (primary N) is 1. The Morgan fingerprint density at radius 3 is 3.07 bits per heavy atom. The number of nitrogens with zero attached hydrogens (tertiary/aromatic N) is 1. The summed E-state index contributed by atoms with van der Waals surface area (Å²) >= 11 is 2.04. The summed E-state index contributed by atoms with van der Waals surface area (Å²) in [5.41, 5.74) is 9.30. The van der Waals surface area contributed by atoms with Crippen molar-refractivity contribution in [2.75, 3.05) is 5.75 Å². The second kappa shape index (κ2) is 3.56. The van der Waals surface area contributed by atoms with Crippen LogP contribution in [0, 0.1) is 0 Å². The molecule has 0 radical (unpaired) electrons. The fourth-order valence-corrected chi connectivity index (χ4v) is 3.16. The Hall–Kier alpha value is -0.410. The first kappa shape index (κ1) is 9.79. The van der Waals surface area contributed by atoms with E-state index in [9.17, 15) is 0 Å². The van der Waals surface area contributed by atoms with Gasteiger partial charge in [-0.15, -0.1) is 0 Å². The second-order valence-corrected chi connectivity index (χ2v) is 6.05. The van der Waals surface area contributed by atoms with Crippen LogP contribution in [0.15, 0.2) is 12.3 Å². The summed E-state index contributed by atoms with van der Waals surface area (Å²) in [4.78, 5) is 0. The smallest absolute Gasteiger partial charge is 0.0338 e. The van der Waals surface area contributed by atoms with Crippen molar-refractivity contribution in [1.29, 1.82) is 0 Å². The van der Waals surface area contributed by atoms with Crippen LogP contribution >= 0.6 is 11.8 Å². The lowest BCUT2D eigenvalue weighted by atomic mass is 10.1. The van der Waals surface area contributed by atoms with Crippen LogP contribution in [0.1, 0.15) is 30.5 Å². The normalized spacial score (nSPS) is 22.5. The molecule has 3 rings (SSSR count). The molecule has 15 heavy (non-hydrogen) atoms. The molecule has 1 aromatic heterocycles. The molecule has 1 aliphatic heterocycles. The van der Waals surface area contributed by atoms with Gasteiger partial charge in [-0.1, -0.05) is 0 Å². The molecule has 0 unspecified atom stereocenters. The minimum absolute atomic E-state index is 0.206. The van der Waals surface area contributed by atoms with Gasteiger partial charge >= 0.3 is 0 Å². The standard InChI is InChI=1S/C12H18N2S/c13-12(3-4-12)2-1-10-7-11-9-15-6-5-14(11)8-10/h7-8H,1-6,9,13H2. The molecule has 2 nitrogen and oxygen atoms in total. The van der Waals surface area contributed by atoms with Gasteiger partial charge in [-0.3, -0.25) is 0 Å². The molecule has 0 atom stereocenters. The van der Waals surface area contributed by atoms with Gasteiger partial charge in [0.15, 0.2) is 0 Å². The molecule has 1 fully saturated rings. The summed E-state index contributed by atoms with van der Waals surface area (Å²) in [6.45, 7) is 1.19. The molecule has 2 aliphatic rings. The van der Waals surface area contributed by atoms with Crippen LogP contribution < -0.4 is 5.73 Å². The lowest BCUT2D eigenvalue weighted by Gasteiger charge is -2.13. The first-order valence-electron chi connectivity index (χ1n) is 5.80. The highest BCUT2D eigenvalue weighted by Gasteiger charge is 2.37. The highest BCUT2D eigenvalue weighted by atomic mass is 32.2. The van der Waals surface area contributed by atoms with Gasteiger partial charge in [0.2, 0.25) is 0 Å². The minimum atomic E-state index is 0.206. The Morgan fingerprint density at radius 1 is 1.47 bits per heavy atom. The Balaban J connectivity index is 1.67. The number of fused-ring (bicyclic) bond motifs is 1. The zero-order valence-electron chi connectivity index (χ0n) is 9.04. The highest BCUT2D eigenvalue weighted by Crippen LogP contribution is 2.36. The summed E-state index contributed by atoms with van der Waals surface area (Å²) in [6.07, 6.45) is 7.14. The number of hydrogen-bond acceptors (Lipinski definition) is 2. The van der Waals surface area contributed by atoms with Gasteiger partial charge in [0.1, 0.15) is 0 Å². The SMILES string of the molecule is NC1(CCc2cc3n(c2)CCSC3)CC1. The average molecular weight is 222 g/mol. The van der Waals surface area contributed by atoms with Crippen LogP contribution in [-0.2, 0) is 18.7 Å². The van der Waals surface area contributed by atoms with Crippen molar-refractivity contribution in [2.45, 2.75) is 43.5 Å².